The van der Waals surface area contributed by atoms with Crippen LogP contribution in [-0.2, 0) is 6.42 Å². The summed E-state index contributed by atoms with van der Waals surface area (Å²) in [7, 11) is 0. The molecule has 0 atom stereocenters. The number of aryl methyl sites for hydroxylation is 1. The van der Waals surface area contributed by atoms with E-state index in [2.05, 4.69) is 4.98 Å². The van der Waals surface area contributed by atoms with Gasteiger partial charge in [0.1, 0.15) is 5.52 Å². The number of nitro benzene ring substituents is 1. The number of fused-ring (bicyclic) bond motifs is 1. The van der Waals surface area contributed by atoms with Crippen LogP contribution in [0.4, 0.5) is 5.69 Å². The summed E-state index contributed by atoms with van der Waals surface area (Å²) < 4.78 is 5.58. The van der Waals surface area contributed by atoms with Crippen LogP contribution in [-0.4, -0.2) is 9.91 Å². The van der Waals surface area contributed by atoms with Gasteiger partial charge >= 0.3 is 0 Å². The van der Waals surface area contributed by atoms with Gasteiger partial charge in [-0.05, 0) is 30.2 Å². The lowest BCUT2D eigenvalue weighted by Crippen LogP contribution is -1.94. The standard InChI is InChI=1S/C17H14N2O3/c1-2-13-9-7-12(11-15(13)19(20)21)8-10-17-18-14-5-3-4-6-16(14)22-17/h3-11H,2H2,1H3. The normalized spacial score (nSPS) is 11.3. The maximum atomic E-state index is 11.1. The summed E-state index contributed by atoms with van der Waals surface area (Å²) in [4.78, 5) is 15.1. The van der Waals surface area contributed by atoms with Gasteiger partial charge < -0.3 is 4.42 Å². The molecule has 5 heteroatoms. The Hall–Kier alpha value is -2.95. The second-order valence-corrected chi connectivity index (χ2v) is 4.85. The number of nitrogens with zero attached hydrogens (tertiary/aromatic N) is 2. The molecule has 0 fully saturated rings. The first-order chi connectivity index (χ1) is 10.7. The molecule has 22 heavy (non-hydrogen) atoms. The molecule has 110 valence electrons. The van der Waals surface area contributed by atoms with E-state index in [0.717, 1.165) is 22.2 Å². The molecule has 0 amide bonds. The Kier molecular flexibility index (Phi) is 3.70. The number of oxazole rings is 1. The zero-order valence-corrected chi connectivity index (χ0v) is 12.0. The highest BCUT2D eigenvalue weighted by atomic mass is 16.6. The number of nitro groups is 1. The molecule has 1 aromatic heterocycles. The Morgan fingerprint density at radius 2 is 2.05 bits per heavy atom. The van der Waals surface area contributed by atoms with Crippen molar-refractivity contribution in [2.45, 2.75) is 13.3 Å². The van der Waals surface area contributed by atoms with Gasteiger partial charge in [-0.3, -0.25) is 10.1 Å². The van der Waals surface area contributed by atoms with E-state index in [1.54, 1.807) is 24.3 Å². The van der Waals surface area contributed by atoms with Gasteiger partial charge in [0.25, 0.3) is 5.69 Å². The number of hydrogen-bond acceptors (Lipinski definition) is 4. The van der Waals surface area contributed by atoms with Crippen LogP contribution in [0.3, 0.4) is 0 Å². The molecule has 0 spiro atoms. The summed E-state index contributed by atoms with van der Waals surface area (Å²) >= 11 is 0. The third-order valence-electron chi connectivity index (χ3n) is 3.42. The van der Waals surface area contributed by atoms with Crippen molar-refractivity contribution in [3.05, 3.63) is 69.6 Å². The average molecular weight is 294 g/mol. The van der Waals surface area contributed by atoms with E-state index in [1.165, 1.54) is 0 Å². The van der Waals surface area contributed by atoms with Gasteiger partial charge in [0.05, 0.1) is 4.92 Å². The predicted octanol–water partition coefficient (Wildman–Crippen LogP) is 4.47. The SMILES string of the molecule is CCc1ccc(C=Cc2nc3ccccc3o2)cc1[N+](=O)[O-]. The van der Waals surface area contributed by atoms with E-state index in [4.69, 9.17) is 4.42 Å². The van der Waals surface area contributed by atoms with E-state index in [1.807, 2.05) is 37.3 Å². The van der Waals surface area contributed by atoms with Crippen molar-refractivity contribution in [1.82, 2.24) is 4.98 Å². The summed E-state index contributed by atoms with van der Waals surface area (Å²) in [6.45, 7) is 1.90. The summed E-state index contributed by atoms with van der Waals surface area (Å²) in [5.74, 6) is 0.475. The third kappa shape index (κ3) is 2.74. The minimum absolute atomic E-state index is 0.141. The Bertz CT molecular complexity index is 832. The lowest BCUT2D eigenvalue weighted by Gasteiger charge is -2.00. The molecule has 0 N–H and O–H groups in total. The molecule has 0 aliphatic heterocycles. The van der Waals surface area contributed by atoms with Crippen molar-refractivity contribution < 1.29 is 9.34 Å². The molecular weight excluding hydrogens is 280 g/mol. The van der Waals surface area contributed by atoms with Crippen molar-refractivity contribution >= 4 is 28.9 Å². The van der Waals surface area contributed by atoms with Gasteiger partial charge in [0, 0.05) is 17.7 Å². The predicted molar refractivity (Wildman–Crippen MR) is 85.4 cm³/mol. The molecule has 2 aromatic carbocycles. The van der Waals surface area contributed by atoms with Crippen molar-refractivity contribution in [2.75, 3.05) is 0 Å². The number of hydrogen-bond donors (Lipinski definition) is 0. The molecule has 5 nitrogen and oxygen atoms in total. The van der Waals surface area contributed by atoms with Gasteiger partial charge in [0.2, 0.25) is 5.89 Å². The average Bonchev–Trinajstić information content (AvgIpc) is 2.95. The summed E-state index contributed by atoms with van der Waals surface area (Å²) in [5, 5.41) is 11.1. The molecule has 0 bridgehead atoms. The lowest BCUT2D eigenvalue weighted by atomic mass is 10.1. The van der Waals surface area contributed by atoms with E-state index in [9.17, 15) is 10.1 Å². The molecule has 0 aliphatic rings. The molecule has 0 saturated carbocycles. The summed E-state index contributed by atoms with van der Waals surface area (Å²) in [6.07, 6.45) is 4.10. The molecular formula is C17H14N2O3. The van der Waals surface area contributed by atoms with E-state index in [0.29, 0.717) is 12.3 Å². The van der Waals surface area contributed by atoms with Crippen LogP contribution in [0.25, 0.3) is 23.3 Å². The molecule has 0 radical (unpaired) electrons. The van der Waals surface area contributed by atoms with Gasteiger partial charge in [-0.15, -0.1) is 0 Å². The molecule has 3 rings (SSSR count). The minimum atomic E-state index is -0.352. The Balaban J connectivity index is 1.91. The van der Waals surface area contributed by atoms with Crippen LogP contribution in [0, 0.1) is 10.1 Å². The Morgan fingerprint density at radius 3 is 2.77 bits per heavy atom. The topological polar surface area (TPSA) is 69.2 Å². The van der Waals surface area contributed by atoms with E-state index < -0.39 is 0 Å². The summed E-state index contributed by atoms with van der Waals surface area (Å²) in [5.41, 5.74) is 3.11. The summed E-state index contributed by atoms with van der Waals surface area (Å²) in [6, 6.07) is 12.7. The third-order valence-corrected chi connectivity index (χ3v) is 3.42. The highest BCUT2D eigenvalue weighted by Crippen LogP contribution is 2.22. The largest absolute Gasteiger partial charge is 0.437 e. The monoisotopic (exact) mass is 294 g/mol. The maximum Gasteiger partial charge on any atom is 0.273 e. The highest BCUT2D eigenvalue weighted by molar-refractivity contribution is 5.76. The molecule has 3 aromatic rings. The van der Waals surface area contributed by atoms with Gasteiger partial charge in [-0.1, -0.05) is 31.2 Å². The van der Waals surface area contributed by atoms with Crippen LogP contribution in [0.15, 0.2) is 46.9 Å². The van der Waals surface area contributed by atoms with E-state index in [-0.39, 0.29) is 10.6 Å². The molecule has 0 saturated heterocycles. The number of rotatable bonds is 4. The fourth-order valence-corrected chi connectivity index (χ4v) is 2.28. The first kappa shape index (κ1) is 14.0. The fraction of sp³-hybridized carbons (Fsp3) is 0.118. The van der Waals surface area contributed by atoms with Gasteiger partial charge in [-0.25, -0.2) is 4.98 Å². The Labute approximate surface area is 127 Å². The van der Waals surface area contributed by atoms with E-state index >= 15 is 0 Å². The Morgan fingerprint density at radius 1 is 1.23 bits per heavy atom. The minimum Gasteiger partial charge on any atom is -0.437 e. The number of benzene rings is 2. The van der Waals surface area contributed by atoms with Crippen LogP contribution in [0.1, 0.15) is 23.9 Å². The molecule has 0 aliphatic carbocycles. The number of para-hydroxylation sites is 2. The zero-order valence-electron chi connectivity index (χ0n) is 12.0. The van der Waals surface area contributed by atoms with Crippen molar-refractivity contribution in [3.8, 4) is 0 Å². The lowest BCUT2D eigenvalue weighted by molar-refractivity contribution is -0.385. The second-order valence-electron chi connectivity index (χ2n) is 4.85. The van der Waals surface area contributed by atoms with Crippen molar-refractivity contribution in [3.63, 3.8) is 0 Å². The first-order valence-electron chi connectivity index (χ1n) is 6.98. The number of aromatic nitrogens is 1. The van der Waals surface area contributed by atoms with Crippen molar-refractivity contribution in [1.29, 1.82) is 0 Å². The quantitative estimate of drug-likeness (QED) is 0.526. The zero-order chi connectivity index (χ0) is 15.5. The van der Waals surface area contributed by atoms with Gasteiger partial charge in [0.15, 0.2) is 5.58 Å². The fourth-order valence-electron chi connectivity index (χ4n) is 2.28. The van der Waals surface area contributed by atoms with Crippen LogP contribution in [0.2, 0.25) is 0 Å². The van der Waals surface area contributed by atoms with Crippen LogP contribution < -0.4 is 0 Å². The molecule has 1 heterocycles. The van der Waals surface area contributed by atoms with Crippen LogP contribution >= 0.6 is 0 Å². The second kappa shape index (κ2) is 5.81. The first-order valence-corrected chi connectivity index (χ1v) is 6.98. The van der Waals surface area contributed by atoms with Gasteiger partial charge in [-0.2, -0.15) is 0 Å². The van der Waals surface area contributed by atoms with Crippen LogP contribution in [0.5, 0.6) is 0 Å². The van der Waals surface area contributed by atoms with Crippen molar-refractivity contribution in [2.24, 2.45) is 0 Å². The molecule has 0 unspecified atom stereocenters. The highest BCUT2D eigenvalue weighted by Gasteiger charge is 2.12. The smallest absolute Gasteiger partial charge is 0.273 e. The maximum absolute atomic E-state index is 11.1.